The van der Waals surface area contributed by atoms with Crippen LogP contribution in [0, 0.1) is 4.91 Å². The Bertz CT molecular complexity index is 231. The summed E-state index contributed by atoms with van der Waals surface area (Å²) in [7, 11) is 0. The minimum absolute atomic E-state index is 0.176. The molecule has 0 heterocycles. The minimum atomic E-state index is -0.176. The summed E-state index contributed by atoms with van der Waals surface area (Å²) in [5.74, 6) is 0. The Morgan fingerprint density at radius 2 is 1.93 bits per heavy atom. The van der Waals surface area contributed by atoms with Gasteiger partial charge < -0.3 is 0 Å². The van der Waals surface area contributed by atoms with Crippen LogP contribution in [-0.2, 0) is 0 Å². The highest BCUT2D eigenvalue weighted by atomic mass is 16.3. The lowest BCUT2D eigenvalue weighted by Crippen LogP contribution is -2.02. The predicted molar refractivity (Wildman–Crippen MR) is 54.9 cm³/mol. The molecule has 0 atom stereocenters. The van der Waals surface area contributed by atoms with Crippen molar-refractivity contribution >= 4 is 0 Å². The highest BCUT2D eigenvalue weighted by Gasteiger charge is 2.43. The summed E-state index contributed by atoms with van der Waals surface area (Å²) in [6.07, 6.45) is 7.11. The molecular formula is C9H16N4O. The highest BCUT2D eigenvalue weighted by molar-refractivity contribution is 5.01. The molecule has 0 aromatic carbocycles. The fourth-order valence-corrected chi connectivity index (χ4v) is 1.57. The van der Waals surface area contributed by atoms with Gasteiger partial charge in [0.15, 0.2) is 0 Å². The number of hydrogen-bond acceptors (Lipinski definition) is 3. The smallest absolute Gasteiger partial charge is 0.103 e. The Morgan fingerprint density at radius 1 is 1.21 bits per heavy atom. The predicted octanol–water partition coefficient (Wildman–Crippen LogP) is 3.55. The van der Waals surface area contributed by atoms with Crippen molar-refractivity contribution in [3.05, 3.63) is 15.3 Å². The maximum atomic E-state index is 10.4. The average molecular weight is 196 g/mol. The van der Waals surface area contributed by atoms with Crippen molar-refractivity contribution in [2.45, 2.75) is 50.5 Å². The van der Waals surface area contributed by atoms with E-state index in [0.29, 0.717) is 6.54 Å². The van der Waals surface area contributed by atoms with Crippen LogP contribution >= 0.6 is 0 Å². The molecule has 14 heavy (non-hydrogen) atoms. The highest BCUT2D eigenvalue weighted by Crippen LogP contribution is 2.43. The fraction of sp³-hybridized carbons (Fsp3) is 1.00. The van der Waals surface area contributed by atoms with Crippen molar-refractivity contribution in [3.63, 3.8) is 0 Å². The third-order valence-corrected chi connectivity index (χ3v) is 2.73. The van der Waals surface area contributed by atoms with Crippen molar-refractivity contribution in [1.29, 1.82) is 0 Å². The molecule has 0 unspecified atom stereocenters. The first-order chi connectivity index (χ1) is 6.83. The Morgan fingerprint density at radius 3 is 2.50 bits per heavy atom. The maximum Gasteiger partial charge on any atom is 0.103 e. The van der Waals surface area contributed by atoms with E-state index in [0.717, 1.165) is 44.9 Å². The third kappa shape index (κ3) is 3.75. The van der Waals surface area contributed by atoms with Crippen LogP contribution in [0.25, 0.3) is 10.4 Å². The summed E-state index contributed by atoms with van der Waals surface area (Å²) < 4.78 is 0. The molecule has 0 amide bonds. The summed E-state index contributed by atoms with van der Waals surface area (Å²) in [4.78, 5) is 13.1. The van der Waals surface area contributed by atoms with Gasteiger partial charge in [0, 0.05) is 11.5 Å². The third-order valence-electron chi connectivity index (χ3n) is 2.73. The zero-order valence-corrected chi connectivity index (χ0v) is 8.35. The molecule has 78 valence electrons. The normalized spacial score (nSPS) is 17.1. The van der Waals surface area contributed by atoms with E-state index in [1.165, 1.54) is 0 Å². The van der Waals surface area contributed by atoms with Crippen LogP contribution in [0.1, 0.15) is 44.9 Å². The molecule has 0 aliphatic heterocycles. The van der Waals surface area contributed by atoms with Crippen molar-refractivity contribution < 1.29 is 0 Å². The number of azide groups is 1. The van der Waals surface area contributed by atoms with Crippen LogP contribution in [0.4, 0.5) is 0 Å². The van der Waals surface area contributed by atoms with Gasteiger partial charge in [0.05, 0.1) is 0 Å². The van der Waals surface area contributed by atoms with E-state index in [2.05, 4.69) is 15.2 Å². The second-order valence-corrected chi connectivity index (χ2v) is 3.93. The molecule has 5 heteroatoms. The lowest BCUT2D eigenvalue weighted by Gasteiger charge is -2.04. The van der Waals surface area contributed by atoms with E-state index in [4.69, 9.17) is 5.53 Å². The van der Waals surface area contributed by atoms with Gasteiger partial charge in [0.2, 0.25) is 0 Å². The Kier molecular flexibility index (Phi) is 4.40. The van der Waals surface area contributed by atoms with Crippen LogP contribution in [0.5, 0.6) is 0 Å². The molecule has 0 aromatic rings. The standard InChI is InChI=1S/C9H16N4O/c10-13-11-8-4-2-1-3-5-9(12-14)6-7-9/h1-8H2. The number of hydrogen-bond donors (Lipinski definition) is 0. The number of unbranched alkanes of at least 4 members (excludes halogenated alkanes) is 3. The monoisotopic (exact) mass is 196 g/mol. The maximum absolute atomic E-state index is 10.4. The van der Waals surface area contributed by atoms with Crippen LogP contribution < -0.4 is 0 Å². The van der Waals surface area contributed by atoms with E-state index in [1.54, 1.807) is 0 Å². The molecule has 1 saturated carbocycles. The lowest BCUT2D eigenvalue weighted by molar-refractivity contribution is 0.535. The first-order valence-corrected chi connectivity index (χ1v) is 5.18. The van der Waals surface area contributed by atoms with E-state index < -0.39 is 0 Å². The zero-order chi connectivity index (χ0) is 10.3. The van der Waals surface area contributed by atoms with Gasteiger partial charge in [0.25, 0.3) is 0 Å². The summed E-state index contributed by atoms with van der Waals surface area (Å²) in [5, 5.41) is 6.62. The molecule has 0 N–H and O–H groups in total. The van der Waals surface area contributed by atoms with Gasteiger partial charge in [0.1, 0.15) is 5.54 Å². The molecule has 1 aliphatic carbocycles. The molecule has 0 aromatic heterocycles. The van der Waals surface area contributed by atoms with Crippen molar-refractivity contribution in [3.8, 4) is 0 Å². The van der Waals surface area contributed by atoms with Gasteiger partial charge in [-0.2, -0.15) is 4.91 Å². The molecule has 1 fully saturated rings. The molecule has 0 radical (unpaired) electrons. The summed E-state index contributed by atoms with van der Waals surface area (Å²) in [6, 6.07) is 0. The topological polar surface area (TPSA) is 78.2 Å². The molecule has 0 saturated heterocycles. The van der Waals surface area contributed by atoms with Crippen molar-refractivity contribution in [2.24, 2.45) is 10.3 Å². The second-order valence-electron chi connectivity index (χ2n) is 3.93. The zero-order valence-electron chi connectivity index (χ0n) is 8.35. The first-order valence-electron chi connectivity index (χ1n) is 5.18. The summed E-state index contributed by atoms with van der Waals surface area (Å²) in [6.45, 7) is 0.591. The van der Waals surface area contributed by atoms with Crippen LogP contribution in [-0.4, -0.2) is 12.1 Å². The van der Waals surface area contributed by atoms with Gasteiger partial charge >= 0.3 is 0 Å². The Balaban J connectivity index is 1.89. The van der Waals surface area contributed by atoms with Crippen LogP contribution in [0.2, 0.25) is 0 Å². The van der Waals surface area contributed by atoms with Gasteiger partial charge in [-0.15, -0.1) is 0 Å². The molecule has 1 rings (SSSR count). The number of rotatable bonds is 8. The Hall–Kier alpha value is -1.09. The number of nitroso groups, excluding NO2 is 1. The fourth-order valence-electron chi connectivity index (χ4n) is 1.57. The quantitative estimate of drug-likeness (QED) is 0.192. The van der Waals surface area contributed by atoms with Crippen molar-refractivity contribution in [2.75, 3.05) is 6.54 Å². The largest absolute Gasteiger partial charge is 0.150 e. The van der Waals surface area contributed by atoms with Gasteiger partial charge in [-0.1, -0.05) is 29.6 Å². The molecular weight excluding hydrogens is 180 g/mol. The van der Waals surface area contributed by atoms with Crippen molar-refractivity contribution in [1.82, 2.24) is 0 Å². The minimum Gasteiger partial charge on any atom is -0.150 e. The number of nitrogens with zero attached hydrogens (tertiary/aromatic N) is 4. The van der Waals surface area contributed by atoms with E-state index in [-0.39, 0.29) is 5.54 Å². The SMILES string of the molecule is [N-]=[N+]=NCCCCCCC1(N=O)CC1. The van der Waals surface area contributed by atoms with E-state index in [9.17, 15) is 4.91 Å². The van der Waals surface area contributed by atoms with Gasteiger partial charge in [-0.05, 0) is 31.2 Å². The molecule has 0 bridgehead atoms. The first kappa shape index (κ1) is 11.0. The van der Waals surface area contributed by atoms with Gasteiger partial charge in [-0.3, -0.25) is 0 Å². The molecule has 5 nitrogen and oxygen atoms in total. The average Bonchev–Trinajstić information content (AvgIpc) is 2.98. The molecule has 1 aliphatic rings. The Labute approximate surface area is 83.5 Å². The van der Waals surface area contributed by atoms with E-state index in [1.807, 2.05) is 0 Å². The molecule has 0 spiro atoms. The van der Waals surface area contributed by atoms with E-state index >= 15 is 0 Å². The second kappa shape index (κ2) is 5.60. The van der Waals surface area contributed by atoms with Gasteiger partial charge in [-0.25, -0.2) is 0 Å². The summed E-state index contributed by atoms with van der Waals surface area (Å²) >= 11 is 0. The summed E-state index contributed by atoms with van der Waals surface area (Å²) in [5.41, 5.74) is 7.85. The van der Waals surface area contributed by atoms with Crippen LogP contribution in [0.15, 0.2) is 10.3 Å². The lowest BCUT2D eigenvalue weighted by atomic mass is 10.1. The van der Waals surface area contributed by atoms with Crippen LogP contribution in [0.3, 0.4) is 0 Å².